The lowest BCUT2D eigenvalue weighted by Crippen LogP contribution is -2.55. The van der Waals surface area contributed by atoms with Crippen LogP contribution < -0.4 is 9.64 Å². The highest BCUT2D eigenvalue weighted by Gasteiger charge is 2.49. The number of carbonyl (C=O) groups excluding carboxylic acids is 1. The van der Waals surface area contributed by atoms with E-state index in [1.54, 1.807) is 42.4 Å². The molecule has 15 heteroatoms. The molecule has 11 nitrogen and oxygen atoms in total. The summed E-state index contributed by atoms with van der Waals surface area (Å²) >= 11 is 6.44. The summed E-state index contributed by atoms with van der Waals surface area (Å²) in [4.78, 5) is 35.5. The maximum Gasteiger partial charge on any atom is 0.319 e. The number of alkyl halides is 1. The van der Waals surface area contributed by atoms with E-state index in [1.807, 2.05) is 17.9 Å². The third-order valence-corrected chi connectivity index (χ3v) is 12.4. The Balaban J connectivity index is 1.13. The topological polar surface area (TPSA) is 111 Å². The normalized spacial score (nSPS) is 25.1. The number of nitrogens with zero attached hydrogens (tertiary/aromatic N) is 8. The van der Waals surface area contributed by atoms with Crippen molar-refractivity contribution in [2.24, 2.45) is 0 Å². The van der Waals surface area contributed by atoms with Gasteiger partial charge in [0, 0.05) is 82.1 Å². The zero-order valence-corrected chi connectivity index (χ0v) is 32.2. The lowest BCUT2D eigenvalue weighted by atomic mass is 9.95. The standard InChI is InChI=1S/C41H44ClF3N8O3/c1-25(50-16-12-29(23-50)55-2)7-10-33(54)53-18-17-51(22-28(53)11-14-46)39-31-20-47-37(30-6-3-5-26-8-9-32(44)35(42)34(26)30)36(45)38(31)48-40(49-39)56-24-41-13-4-15-52(41)21-27(43)19-41/h3,5-10,20,25,27-29H,4,11-13,15-19,21-24H2,1-2H3/b10-7+/t25-,27+,28-,29-,41-/m0/s1. The molecule has 294 valence electrons. The maximum absolute atomic E-state index is 17.0. The summed E-state index contributed by atoms with van der Waals surface area (Å²) in [6.07, 6.45) is 7.19. The van der Waals surface area contributed by atoms with Crippen LogP contribution >= 0.6 is 11.6 Å². The largest absolute Gasteiger partial charge is 0.461 e. The Bertz CT molecular complexity index is 2220. The van der Waals surface area contributed by atoms with Crippen molar-refractivity contribution < 1.29 is 27.4 Å². The molecule has 0 saturated carbocycles. The minimum atomic E-state index is -0.965. The van der Waals surface area contributed by atoms with Crippen molar-refractivity contribution in [2.45, 2.75) is 68.9 Å². The van der Waals surface area contributed by atoms with Crippen LogP contribution in [-0.2, 0) is 9.53 Å². The molecule has 0 bridgehead atoms. The molecule has 2 aromatic carbocycles. The van der Waals surface area contributed by atoms with E-state index >= 15 is 4.39 Å². The number of piperazine rings is 1. The second-order valence-corrected chi connectivity index (χ2v) is 15.8. The Morgan fingerprint density at radius 1 is 1.14 bits per heavy atom. The minimum absolute atomic E-state index is 0.0349. The Hall–Kier alpha value is -4.55. The lowest BCUT2D eigenvalue weighted by Gasteiger charge is -2.41. The number of rotatable bonds is 10. The molecule has 4 aliphatic heterocycles. The maximum atomic E-state index is 17.0. The van der Waals surface area contributed by atoms with E-state index < -0.39 is 29.4 Å². The molecule has 8 rings (SSSR count). The van der Waals surface area contributed by atoms with E-state index in [4.69, 9.17) is 26.1 Å². The average molecular weight is 789 g/mol. The van der Waals surface area contributed by atoms with Gasteiger partial charge in [0.1, 0.15) is 35.6 Å². The molecule has 4 saturated heterocycles. The van der Waals surface area contributed by atoms with E-state index in [-0.39, 0.29) is 66.4 Å². The van der Waals surface area contributed by atoms with Gasteiger partial charge in [-0.2, -0.15) is 15.2 Å². The van der Waals surface area contributed by atoms with E-state index in [2.05, 4.69) is 25.8 Å². The number of methoxy groups -OCH3 is 1. The SMILES string of the molecule is CO[C@H]1CCN([C@@H](C)/C=C/C(=O)N2CCN(c3nc(OC[C@@]45CCCN4C[C@H](F)C5)nc4c(F)c(-c5cccc6ccc(F)c(Cl)c56)ncc34)C[C@@H]2CC#N)C1. The molecule has 0 aliphatic carbocycles. The van der Waals surface area contributed by atoms with Gasteiger partial charge >= 0.3 is 6.01 Å². The Labute approximate surface area is 328 Å². The summed E-state index contributed by atoms with van der Waals surface area (Å²) < 4.78 is 58.1. The third-order valence-electron chi connectivity index (χ3n) is 12.1. The van der Waals surface area contributed by atoms with Gasteiger partial charge in [0.2, 0.25) is 5.91 Å². The number of halogens is 4. The molecule has 56 heavy (non-hydrogen) atoms. The van der Waals surface area contributed by atoms with Gasteiger partial charge < -0.3 is 19.3 Å². The number of fused-ring (bicyclic) bond motifs is 3. The first kappa shape index (κ1) is 38.3. The molecular weight excluding hydrogens is 745 g/mol. The number of hydrogen-bond donors (Lipinski definition) is 0. The number of amides is 1. The van der Waals surface area contributed by atoms with Crippen LogP contribution in [-0.4, -0.2) is 125 Å². The molecule has 0 radical (unpaired) electrons. The summed E-state index contributed by atoms with van der Waals surface area (Å²) in [5.41, 5.74) is -0.353. The monoisotopic (exact) mass is 788 g/mol. The van der Waals surface area contributed by atoms with Crippen LogP contribution in [0.5, 0.6) is 6.01 Å². The predicted molar refractivity (Wildman–Crippen MR) is 207 cm³/mol. The number of aromatic nitrogens is 3. The number of carbonyl (C=O) groups is 1. The van der Waals surface area contributed by atoms with Crippen LogP contribution in [0.3, 0.4) is 0 Å². The van der Waals surface area contributed by atoms with Gasteiger partial charge in [0.15, 0.2) is 5.82 Å². The molecule has 5 atom stereocenters. The van der Waals surface area contributed by atoms with Crippen LogP contribution in [0.25, 0.3) is 32.9 Å². The molecule has 1 amide bonds. The molecule has 2 aromatic heterocycles. The van der Waals surface area contributed by atoms with Crippen LogP contribution in [0, 0.1) is 23.0 Å². The minimum Gasteiger partial charge on any atom is -0.461 e. The molecule has 4 aliphatic rings. The van der Waals surface area contributed by atoms with Crippen molar-refractivity contribution in [3.63, 3.8) is 0 Å². The average Bonchev–Trinajstić information content (AvgIpc) is 3.92. The third kappa shape index (κ3) is 7.15. The molecule has 0 N–H and O–H groups in total. The van der Waals surface area contributed by atoms with E-state index in [0.29, 0.717) is 47.1 Å². The van der Waals surface area contributed by atoms with Crippen molar-refractivity contribution >= 4 is 45.0 Å². The quantitative estimate of drug-likeness (QED) is 0.169. The first-order valence-electron chi connectivity index (χ1n) is 19.2. The van der Waals surface area contributed by atoms with Crippen molar-refractivity contribution in [2.75, 3.05) is 64.4 Å². The number of benzene rings is 2. The van der Waals surface area contributed by atoms with Gasteiger partial charge in [-0.15, -0.1) is 0 Å². The van der Waals surface area contributed by atoms with E-state index in [1.165, 1.54) is 12.3 Å². The van der Waals surface area contributed by atoms with Gasteiger partial charge in [-0.05, 0) is 44.2 Å². The fourth-order valence-corrected chi connectivity index (χ4v) is 9.32. The summed E-state index contributed by atoms with van der Waals surface area (Å²) in [5, 5.41) is 10.9. The number of anilines is 1. The smallest absolute Gasteiger partial charge is 0.319 e. The number of hydrogen-bond acceptors (Lipinski definition) is 10. The summed E-state index contributed by atoms with van der Waals surface area (Å²) in [6, 6.07) is 9.63. The molecule has 0 spiro atoms. The summed E-state index contributed by atoms with van der Waals surface area (Å²) in [5.74, 6) is -1.27. The lowest BCUT2D eigenvalue weighted by molar-refractivity contribution is -0.128. The molecule has 0 unspecified atom stereocenters. The van der Waals surface area contributed by atoms with E-state index in [0.717, 1.165) is 38.9 Å². The molecule has 4 fully saturated rings. The second kappa shape index (κ2) is 15.8. The second-order valence-electron chi connectivity index (χ2n) is 15.4. The van der Waals surface area contributed by atoms with E-state index in [9.17, 15) is 18.8 Å². The van der Waals surface area contributed by atoms with Gasteiger partial charge in [-0.25, -0.2) is 13.2 Å². The van der Waals surface area contributed by atoms with Crippen LogP contribution in [0.1, 0.15) is 39.0 Å². The number of pyridine rings is 1. The molecule has 6 heterocycles. The zero-order valence-electron chi connectivity index (χ0n) is 31.4. The Morgan fingerprint density at radius 3 is 2.80 bits per heavy atom. The van der Waals surface area contributed by atoms with Crippen LogP contribution in [0.2, 0.25) is 5.02 Å². The number of likely N-dealkylation sites (tertiary alicyclic amines) is 1. The highest BCUT2D eigenvalue weighted by atomic mass is 35.5. The zero-order chi connectivity index (χ0) is 39.1. The highest BCUT2D eigenvalue weighted by molar-refractivity contribution is 6.36. The fourth-order valence-electron chi connectivity index (χ4n) is 9.04. The Morgan fingerprint density at radius 2 is 2.00 bits per heavy atom. The van der Waals surface area contributed by atoms with Crippen LogP contribution in [0.4, 0.5) is 19.0 Å². The summed E-state index contributed by atoms with van der Waals surface area (Å²) in [6.45, 7) is 5.81. The number of nitriles is 1. The predicted octanol–water partition coefficient (Wildman–Crippen LogP) is 6.33. The Kier molecular flexibility index (Phi) is 10.8. The molecule has 4 aromatic rings. The van der Waals surface area contributed by atoms with Gasteiger partial charge in [0.25, 0.3) is 0 Å². The van der Waals surface area contributed by atoms with Gasteiger partial charge in [-0.3, -0.25) is 19.6 Å². The fraction of sp³-hybridized carbons (Fsp3) is 0.488. The van der Waals surface area contributed by atoms with Crippen molar-refractivity contribution in [3.8, 4) is 23.3 Å². The molecular formula is C41H44ClF3N8O3. The summed E-state index contributed by atoms with van der Waals surface area (Å²) in [7, 11) is 1.71. The van der Waals surface area contributed by atoms with Gasteiger partial charge in [-0.1, -0.05) is 41.9 Å². The first-order valence-corrected chi connectivity index (χ1v) is 19.6. The highest BCUT2D eigenvalue weighted by Crippen LogP contribution is 2.42. The van der Waals surface area contributed by atoms with Crippen molar-refractivity contribution in [1.82, 2.24) is 29.7 Å². The van der Waals surface area contributed by atoms with Crippen molar-refractivity contribution in [3.05, 3.63) is 65.3 Å². The van der Waals surface area contributed by atoms with Gasteiger partial charge in [0.05, 0.1) is 40.6 Å². The van der Waals surface area contributed by atoms with Crippen molar-refractivity contribution in [1.29, 1.82) is 5.26 Å². The first-order chi connectivity index (χ1) is 27.1. The number of ether oxygens (including phenoxy) is 2. The van der Waals surface area contributed by atoms with Crippen LogP contribution in [0.15, 0.2) is 48.7 Å².